The van der Waals surface area contributed by atoms with Crippen molar-refractivity contribution in [3.05, 3.63) is 29.8 Å². The number of nitrogens with one attached hydrogen (secondary N) is 1. The summed E-state index contributed by atoms with van der Waals surface area (Å²) in [6, 6.07) is 2.73. The average Bonchev–Trinajstić information content (AvgIpc) is 2.59. The van der Waals surface area contributed by atoms with E-state index in [0.29, 0.717) is 18.5 Å². The molecule has 0 heterocycles. The van der Waals surface area contributed by atoms with Gasteiger partial charge in [-0.3, -0.25) is 9.10 Å². The van der Waals surface area contributed by atoms with Crippen LogP contribution < -0.4 is 9.62 Å². The van der Waals surface area contributed by atoms with Gasteiger partial charge >= 0.3 is 0 Å². The fourth-order valence-electron chi connectivity index (χ4n) is 2.82. The van der Waals surface area contributed by atoms with Gasteiger partial charge in [-0.2, -0.15) is 0 Å². The monoisotopic (exact) mass is 404 g/mol. The first-order chi connectivity index (χ1) is 12.7. The Balaban J connectivity index is 2.58. The summed E-state index contributed by atoms with van der Waals surface area (Å²) >= 11 is 0. The number of amides is 1. The summed E-state index contributed by atoms with van der Waals surface area (Å²) in [5, 5.41) is 2.88. The lowest BCUT2D eigenvalue weighted by molar-refractivity contribution is -0.121. The fraction of sp³-hybridized carbons (Fsp3) is 0.632. The molecule has 5 nitrogen and oxygen atoms in total. The van der Waals surface area contributed by atoms with Gasteiger partial charge in [0.05, 0.1) is 11.9 Å². The predicted octanol–water partition coefficient (Wildman–Crippen LogP) is 3.84. The molecule has 0 aromatic heterocycles. The number of nitrogens with zero attached hydrogens (tertiary/aromatic N) is 1. The molecule has 0 bridgehead atoms. The summed E-state index contributed by atoms with van der Waals surface area (Å²) in [4.78, 5) is 12.0. The molecule has 8 heteroatoms. The Bertz CT molecular complexity index is 711. The van der Waals surface area contributed by atoms with Gasteiger partial charge in [0.15, 0.2) is 0 Å². The standard InChI is InChI=1S/C19H30F2N2O3S/c1-4-6-8-15(5-2)14-22-19(24)9-7-12-23(27(3,25)26)18-11-10-16(20)13-17(18)21/h10-11,13,15H,4-9,12,14H2,1-3H3,(H,22,24). The van der Waals surface area contributed by atoms with Crippen LogP contribution in [-0.2, 0) is 14.8 Å². The van der Waals surface area contributed by atoms with Crippen molar-refractivity contribution < 1.29 is 22.0 Å². The van der Waals surface area contributed by atoms with Gasteiger partial charge in [-0.05, 0) is 30.9 Å². The number of carbonyl (C=O) groups excluding carboxylic acids is 1. The van der Waals surface area contributed by atoms with Crippen LogP contribution in [-0.4, -0.2) is 33.7 Å². The highest BCUT2D eigenvalue weighted by atomic mass is 32.2. The maximum atomic E-state index is 13.9. The van der Waals surface area contributed by atoms with Crippen LogP contribution in [0.15, 0.2) is 18.2 Å². The molecule has 0 aliphatic heterocycles. The molecule has 1 unspecified atom stereocenters. The minimum Gasteiger partial charge on any atom is -0.356 e. The lowest BCUT2D eigenvalue weighted by Crippen LogP contribution is -2.33. The smallest absolute Gasteiger partial charge is 0.232 e. The van der Waals surface area contributed by atoms with E-state index >= 15 is 0 Å². The molecule has 154 valence electrons. The minimum atomic E-state index is -3.75. The zero-order chi connectivity index (χ0) is 20.4. The van der Waals surface area contributed by atoms with Crippen LogP contribution in [0.4, 0.5) is 14.5 Å². The van der Waals surface area contributed by atoms with Crippen molar-refractivity contribution in [3.63, 3.8) is 0 Å². The van der Waals surface area contributed by atoms with E-state index in [-0.39, 0.29) is 31.0 Å². The number of benzene rings is 1. The topological polar surface area (TPSA) is 66.5 Å². The Labute approximate surface area is 161 Å². The van der Waals surface area contributed by atoms with E-state index < -0.39 is 21.7 Å². The van der Waals surface area contributed by atoms with E-state index in [4.69, 9.17) is 0 Å². The lowest BCUT2D eigenvalue weighted by Gasteiger charge is -2.23. The van der Waals surface area contributed by atoms with Crippen molar-refractivity contribution >= 4 is 21.6 Å². The Morgan fingerprint density at radius 1 is 1.22 bits per heavy atom. The van der Waals surface area contributed by atoms with Crippen molar-refractivity contribution in [2.45, 2.75) is 52.4 Å². The first kappa shape index (κ1) is 23.3. The van der Waals surface area contributed by atoms with Crippen LogP contribution in [0.3, 0.4) is 0 Å². The largest absolute Gasteiger partial charge is 0.356 e. The van der Waals surface area contributed by atoms with E-state index in [9.17, 15) is 22.0 Å². The molecule has 0 saturated heterocycles. The van der Waals surface area contributed by atoms with Crippen molar-refractivity contribution in [2.75, 3.05) is 23.7 Å². The maximum Gasteiger partial charge on any atom is 0.232 e. The average molecular weight is 405 g/mol. The van der Waals surface area contributed by atoms with Gasteiger partial charge in [0.25, 0.3) is 0 Å². The Kier molecular flexibility index (Phi) is 9.69. The molecule has 27 heavy (non-hydrogen) atoms. The van der Waals surface area contributed by atoms with Gasteiger partial charge in [0.2, 0.25) is 15.9 Å². The first-order valence-electron chi connectivity index (χ1n) is 9.38. The Morgan fingerprint density at radius 2 is 1.93 bits per heavy atom. The van der Waals surface area contributed by atoms with Crippen LogP contribution in [0.25, 0.3) is 0 Å². The van der Waals surface area contributed by atoms with Crippen molar-refractivity contribution in [1.82, 2.24) is 5.32 Å². The van der Waals surface area contributed by atoms with Gasteiger partial charge in [-0.15, -0.1) is 0 Å². The molecule has 1 rings (SSSR count). The number of anilines is 1. The first-order valence-corrected chi connectivity index (χ1v) is 11.2. The van der Waals surface area contributed by atoms with Crippen molar-refractivity contribution in [2.24, 2.45) is 5.92 Å². The summed E-state index contributed by atoms with van der Waals surface area (Å²) < 4.78 is 51.8. The lowest BCUT2D eigenvalue weighted by atomic mass is 9.99. The zero-order valence-corrected chi connectivity index (χ0v) is 17.1. The molecule has 1 N–H and O–H groups in total. The number of unbranched alkanes of at least 4 members (excludes halogenated alkanes) is 1. The summed E-state index contributed by atoms with van der Waals surface area (Å²) in [5.74, 6) is -1.45. The molecule has 0 saturated carbocycles. The van der Waals surface area contributed by atoms with Gasteiger partial charge in [-0.25, -0.2) is 17.2 Å². The molecule has 0 aliphatic carbocycles. The van der Waals surface area contributed by atoms with E-state index in [1.807, 2.05) is 0 Å². The number of rotatable bonds is 12. The minimum absolute atomic E-state index is 0.0537. The summed E-state index contributed by atoms with van der Waals surface area (Å²) in [6.45, 7) is 4.77. The number of hydrogen-bond acceptors (Lipinski definition) is 3. The Morgan fingerprint density at radius 3 is 2.48 bits per heavy atom. The maximum absolute atomic E-state index is 13.9. The zero-order valence-electron chi connectivity index (χ0n) is 16.3. The quantitative estimate of drug-likeness (QED) is 0.576. The molecular weight excluding hydrogens is 374 g/mol. The molecule has 0 radical (unpaired) electrons. The molecule has 0 aliphatic rings. The Hall–Kier alpha value is -1.70. The van der Waals surface area contributed by atoms with Gasteiger partial charge in [0, 0.05) is 25.6 Å². The van der Waals surface area contributed by atoms with Crippen LogP contribution >= 0.6 is 0 Å². The summed E-state index contributed by atoms with van der Waals surface area (Å²) in [6.07, 6.45) is 5.63. The number of hydrogen-bond donors (Lipinski definition) is 1. The van der Waals surface area contributed by atoms with Gasteiger partial charge < -0.3 is 5.32 Å². The van der Waals surface area contributed by atoms with Crippen LogP contribution in [0, 0.1) is 17.6 Å². The molecule has 1 atom stereocenters. The molecule has 0 spiro atoms. The van der Waals surface area contributed by atoms with E-state index in [1.54, 1.807) is 0 Å². The molecule has 1 aromatic carbocycles. The highest BCUT2D eigenvalue weighted by molar-refractivity contribution is 7.92. The van der Waals surface area contributed by atoms with Crippen LogP contribution in [0.5, 0.6) is 0 Å². The molecule has 0 fully saturated rings. The summed E-state index contributed by atoms with van der Waals surface area (Å²) in [5.41, 5.74) is -0.218. The second kappa shape index (κ2) is 11.2. The molecular formula is C19H30F2N2O3S. The third-order valence-corrected chi connectivity index (χ3v) is 5.65. The number of halogens is 2. The van der Waals surface area contributed by atoms with Crippen molar-refractivity contribution in [1.29, 1.82) is 0 Å². The molecule has 1 aromatic rings. The second-order valence-corrected chi connectivity index (χ2v) is 8.66. The normalized spacial score (nSPS) is 12.6. The summed E-state index contributed by atoms with van der Waals surface area (Å²) in [7, 11) is -3.75. The van der Waals surface area contributed by atoms with Crippen LogP contribution in [0.1, 0.15) is 52.4 Å². The van der Waals surface area contributed by atoms with Crippen molar-refractivity contribution in [3.8, 4) is 0 Å². The predicted molar refractivity (Wildman–Crippen MR) is 104 cm³/mol. The SMILES string of the molecule is CCCCC(CC)CNC(=O)CCCN(c1ccc(F)cc1F)S(C)(=O)=O. The van der Waals surface area contributed by atoms with E-state index in [0.717, 1.165) is 48.4 Å². The van der Waals surface area contributed by atoms with E-state index in [1.165, 1.54) is 0 Å². The number of sulfonamides is 1. The van der Waals surface area contributed by atoms with Crippen LogP contribution in [0.2, 0.25) is 0 Å². The molecule has 1 amide bonds. The fourth-order valence-corrected chi connectivity index (χ4v) is 3.79. The highest BCUT2D eigenvalue weighted by Crippen LogP contribution is 2.23. The number of carbonyl (C=O) groups is 1. The van der Waals surface area contributed by atoms with Gasteiger partial charge in [0.1, 0.15) is 11.6 Å². The second-order valence-electron chi connectivity index (χ2n) is 6.75. The highest BCUT2D eigenvalue weighted by Gasteiger charge is 2.21. The third kappa shape index (κ3) is 8.24. The van der Waals surface area contributed by atoms with Gasteiger partial charge in [-0.1, -0.05) is 33.1 Å². The third-order valence-electron chi connectivity index (χ3n) is 4.47. The van der Waals surface area contributed by atoms with E-state index in [2.05, 4.69) is 19.2 Å².